The van der Waals surface area contributed by atoms with Gasteiger partial charge in [0.25, 0.3) is 0 Å². The third kappa shape index (κ3) is 6.14. The van der Waals surface area contributed by atoms with Gasteiger partial charge in [0.15, 0.2) is 0 Å². The van der Waals surface area contributed by atoms with Crippen LogP contribution in [0.5, 0.6) is 5.75 Å². The quantitative estimate of drug-likeness (QED) is 0.510. The van der Waals surface area contributed by atoms with Gasteiger partial charge in [-0.25, -0.2) is 0 Å². The highest BCUT2D eigenvalue weighted by Gasteiger charge is 2.39. The molecule has 1 saturated heterocycles. The van der Waals surface area contributed by atoms with Gasteiger partial charge in [-0.1, -0.05) is 81.5 Å². The predicted molar refractivity (Wildman–Crippen MR) is 132 cm³/mol. The van der Waals surface area contributed by atoms with E-state index in [1.165, 1.54) is 56.3 Å². The Bertz CT molecular complexity index is 798. The highest BCUT2D eigenvalue weighted by molar-refractivity contribution is 5.32. The van der Waals surface area contributed by atoms with Crippen LogP contribution in [-0.4, -0.2) is 35.2 Å². The van der Waals surface area contributed by atoms with Gasteiger partial charge in [0.1, 0.15) is 12.4 Å². The highest BCUT2D eigenvalue weighted by Crippen LogP contribution is 2.41. The van der Waals surface area contributed by atoms with E-state index >= 15 is 0 Å². The summed E-state index contributed by atoms with van der Waals surface area (Å²) in [6.45, 7) is 6.23. The molecular formula is C29H41NO2. The van der Waals surface area contributed by atoms with Crippen molar-refractivity contribution in [3.05, 3.63) is 65.7 Å². The maximum atomic E-state index is 11.8. The van der Waals surface area contributed by atoms with Crippen molar-refractivity contribution in [3.8, 4) is 5.75 Å². The van der Waals surface area contributed by atoms with Crippen molar-refractivity contribution in [2.75, 3.05) is 19.6 Å². The summed E-state index contributed by atoms with van der Waals surface area (Å²) in [6, 6.07) is 18.9. The molecule has 1 aliphatic carbocycles. The zero-order valence-electron chi connectivity index (χ0n) is 19.8. The van der Waals surface area contributed by atoms with Crippen LogP contribution >= 0.6 is 0 Å². The first-order valence-electron chi connectivity index (χ1n) is 12.9. The van der Waals surface area contributed by atoms with E-state index in [9.17, 15) is 5.11 Å². The molecule has 2 atom stereocenters. The number of ether oxygens (including phenoxy) is 1. The second-order valence-electron chi connectivity index (χ2n) is 10.1. The van der Waals surface area contributed by atoms with Crippen molar-refractivity contribution in [1.29, 1.82) is 0 Å². The number of likely N-dealkylation sites (tertiary alicyclic amines) is 1. The van der Waals surface area contributed by atoms with Crippen LogP contribution in [0.1, 0.15) is 81.8 Å². The Morgan fingerprint density at radius 1 is 0.969 bits per heavy atom. The predicted octanol–water partition coefficient (Wildman–Crippen LogP) is 6.56. The van der Waals surface area contributed by atoms with Crippen molar-refractivity contribution < 1.29 is 9.84 Å². The van der Waals surface area contributed by atoms with Gasteiger partial charge in [0.2, 0.25) is 0 Å². The van der Waals surface area contributed by atoms with Crippen LogP contribution in [-0.2, 0) is 6.61 Å². The van der Waals surface area contributed by atoms with Gasteiger partial charge in [0, 0.05) is 19.0 Å². The summed E-state index contributed by atoms with van der Waals surface area (Å²) < 4.78 is 6.02. The van der Waals surface area contributed by atoms with Gasteiger partial charge in [-0.15, -0.1) is 0 Å². The van der Waals surface area contributed by atoms with Crippen LogP contribution in [0, 0.1) is 5.92 Å². The van der Waals surface area contributed by atoms with Crippen LogP contribution in [0.25, 0.3) is 0 Å². The summed E-state index contributed by atoms with van der Waals surface area (Å²) in [5.74, 6) is 1.86. The maximum absolute atomic E-state index is 11.8. The Balaban J connectivity index is 1.49. The summed E-state index contributed by atoms with van der Waals surface area (Å²) >= 11 is 0. The zero-order valence-corrected chi connectivity index (χ0v) is 19.8. The number of hydrogen-bond donors (Lipinski definition) is 1. The summed E-state index contributed by atoms with van der Waals surface area (Å²) in [7, 11) is 0. The van der Waals surface area contributed by atoms with E-state index in [1.54, 1.807) is 0 Å². The molecule has 174 valence electrons. The molecule has 0 amide bonds. The van der Waals surface area contributed by atoms with Gasteiger partial charge < -0.3 is 14.7 Å². The Morgan fingerprint density at radius 2 is 1.72 bits per heavy atom. The number of aliphatic hydroxyl groups is 1. The monoisotopic (exact) mass is 435 g/mol. The van der Waals surface area contributed by atoms with Crippen LogP contribution in [0.3, 0.4) is 0 Å². The van der Waals surface area contributed by atoms with Gasteiger partial charge in [-0.3, -0.25) is 0 Å². The molecule has 2 aromatic carbocycles. The summed E-state index contributed by atoms with van der Waals surface area (Å²) in [6.07, 6.45) is 10.6. The summed E-state index contributed by atoms with van der Waals surface area (Å²) in [5.41, 5.74) is 1.86. The van der Waals surface area contributed by atoms with E-state index < -0.39 is 5.60 Å². The molecule has 4 rings (SSSR count). The first kappa shape index (κ1) is 23.3. The maximum Gasteiger partial charge on any atom is 0.119 e. The highest BCUT2D eigenvalue weighted by atomic mass is 16.5. The fourth-order valence-electron chi connectivity index (χ4n) is 5.71. The third-order valence-corrected chi connectivity index (χ3v) is 7.77. The molecule has 2 aliphatic rings. The van der Waals surface area contributed by atoms with Crippen LogP contribution < -0.4 is 4.74 Å². The number of nitrogens with zero attached hydrogens (tertiary/aromatic N) is 1. The molecule has 2 fully saturated rings. The fraction of sp³-hybridized carbons (Fsp3) is 0.586. The molecule has 0 spiro atoms. The van der Waals surface area contributed by atoms with Gasteiger partial charge >= 0.3 is 0 Å². The minimum absolute atomic E-state index is 0.168. The van der Waals surface area contributed by atoms with Crippen molar-refractivity contribution in [1.82, 2.24) is 4.90 Å². The molecule has 32 heavy (non-hydrogen) atoms. The van der Waals surface area contributed by atoms with E-state index in [0.29, 0.717) is 6.61 Å². The molecule has 2 unspecified atom stereocenters. The lowest BCUT2D eigenvalue weighted by Crippen LogP contribution is -2.45. The lowest BCUT2D eigenvalue weighted by molar-refractivity contribution is -0.0315. The van der Waals surface area contributed by atoms with Gasteiger partial charge in [-0.05, 0) is 61.4 Å². The first-order valence-corrected chi connectivity index (χ1v) is 12.9. The average molecular weight is 436 g/mol. The summed E-state index contributed by atoms with van der Waals surface area (Å²) in [5, 5.41) is 11.8. The van der Waals surface area contributed by atoms with E-state index in [4.69, 9.17) is 4.74 Å². The Hall–Kier alpha value is -1.84. The molecule has 2 aromatic rings. The molecule has 0 radical (unpaired) electrons. The van der Waals surface area contributed by atoms with E-state index in [2.05, 4.69) is 48.2 Å². The third-order valence-electron chi connectivity index (χ3n) is 7.77. The summed E-state index contributed by atoms with van der Waals surface area (Å²) in [4.78, 5) is 2.65. The average Bonchev–Trinajstić information content (AvgIpc) is 3.08. The smallest absolute Gasteiger partial charge is 0.119 e. The van der Waals surface area contributed by atoms with E-state index in [-0.39, 0.29) is 5.92 Å². The molecular weight excluding hydrogens is 394 g/mol. The number of rotatable bonds is 8. The lowest BCUT2D eigenvalue weighted by atomic mass is 9.72. The first-order chi connectivity index (χ1) is 15.7. The number of benzene rings is 2. The molecule has 0 bridgehead atoms. The fourth-order valence-corrected chi connectivity index (χ4v) is 5.71. The molecule has 1 saturated carbocycles. The topological polar surface area (TPSA) is 32.7 Å². The largest absolute Gasteiger partial charge is 0.489 e. The normalized spacial score (nSPS) is 22.8. The second kappa shape index (κ2) is 11.3. The van der Waals surface area contributed by atoms with Crippen LogP contribution in [0.4, 0.5) is 0 Å². The van der Waals surface area contributed by atoms with E-state index in [1.807, 2.05) is 18.2 Å². The van der Waals surface area contributed by atoms with Crippen molar-refractivity contribution in [2.24, 2.45) is 5.92 Å². The molecule has 3 heteroatoms. The second-order valence-corrected chi connectivity index (χ2v) is 10.1. The van der Waals surface area contributed by atoms with E-state index in [0.717, 1.165) is 43.9 Å². The minimum Gasteiger partial charge on any atom is -0.489 e. The van der Waals surface area contributed by atoms with Crippen LogP contribution in [0.2, 0.25) is 0 Å². The molecule has 1 heterocycles. The van der Waals surface area contributed by atoms with Crippen molar-refractivity contribution in [3.63, 3.8) is 0 Å². The Morgan fingerprint density at radius 3 is 2.44 bits per heavy atom. The van der Waals surface area contributed by atoms with Crippen LogP contribution in [0.15, 0.2) is 54.6 Å². The standard InChI is InChI=1S/C29H41NO2/c1-2-24-11-7-10-20-30(21-24)22-28(29(31)18-8-4-9-19-29)26-14-16-27(17-15-26)32-23-25-12-5-3-6-13-25/h3,5-6,12-17,24,28,31H,2,4,7-11,18-23H2,1H3. The molecule has 0 aromatic heterocycles. The lowest BCUT2D eigenvalue weighted by Gasteiger charge is -2.42. The number of hydrogen-bond acceptors (Lipinski definition) is 3. The zero-order chi connectivity index (χ0) is 22.2. The van der Waals surface area contributed by atoms with Crippen molar-refractivity contribution >= 4 is 0 Å². The van der Waals surface area contributed by atoms with Gasteiger partial charge in [-0.2, -0.15) is 0 Å². The van der Waals surface area contributed by atoms with Crippen molar-refractivity contribution in [2.45, 2.75) is 82.8 Å². The Kier molecular flexibility index (Phi) is 8.26. The molecule has 1 N–H and O–H groups in total. The Labute approximate surface area is 194 Å². The van der Waals surface area contributed by atoms with Gasteiger partial charge in [0.05, 0.1) is 5.60 Å². The molecule has 1 aliphatic heterocycles. The SMILES string of the molecule is CCC1CCCCN(CC(c2ccc(OCc3ccccc3)cc2)C2(O)CCCCC2)C1. The minimum atomic E-state index is -0.585. The molecule has 3 nitrogen and oxygen atoms in total.